The van der Waals surface area contributed by atoms with Crippen LogP contribution < -0.4 is 5.32 Å². The molecule has 0 atom stereocenters. The number of aromatic nitrogens is 2. The summed E-state index contributed by atoms with van der Waals surface area (Å²) in [5, 5.41) is 4.10. The Morgan fingerprint density at radius 3 is 2.89 bits per heavy atom. The molecule has 2 N–H and O–H groups in total. The molecule has 3 rings (SSSR count). The molecule has 1 aromatic carbocycles. The van der Waals surface area contributed by atoms with Gasteiger partial charge in [0.15, 0.2) is 0 Å². The van der Waals surface area contributed by atoms with E-state index in [4.69, 9.17) is 11.6 Å². The van der Waals surface area contributed by atoms with Gasteiger partial charge in [-0.3, -0.25) is 4.90 Å². The highest BCUT2D eigenvalue weighted by atomic mass is 35.5. The number of halogens is 1. The van der Waals surface area contributed by atoms with Crippen LogP contribution in [0.15, 0.2) is 30.5 Å². The number of hydrogen-bond donors (Lipinski definition) is 2. The van der Waals surface area contributed by atoms with E-state index in [1.54, 1.807) is 0 Å². The molecule has 1 aliphatic rings. The maximum atomic E-state index is 6.01. The number of hydrogen-bond acceptors (Lipinski definition) is 3. The van der Waals surface area contributed by atoms with Crippen LogP contribution in [0, 0.1) is 0 Å². The van der Waals surface area contributed by atoms with Gasteiger partial charge in [-0.05, 0) is 12.1 Å². The zero-order valence-corrected chi connectivity index (χ0v) is 11.5. The lowest BCUT2D eigenvalue weighted by molar-refractivity contribution is 0.228. The summed E-state index contributed by atoms with van der Waals surface area (Å²) in [6.07, 6.45) is 1.88. The van der Waals surface area contributed by atoms with Crippen molar-refractivity contribution < 1.29 is 0 Å². The highest BCUT2D eigenvalue weighted by Crippen LogP contribution is 2.21. The van der Waals surface area contributed by atoms with Crippen molar-refractivity contribution in [3.05, 3.63) is 41.3 Å². The molecule has 1 aromatic heterocycles. The maximum Gasteiger partial charge on any atom is 0.120 e. The van der Waals surface area contributed by atoms with E-state index in [-0.39, 0.29) is 0 Å². The van der Waals surface area contributed by atoms with Gasteiger partial charge in [0.05, 0.1) is 18.4 Å². The number of nitrogens with one attached hydrogen (secondary N) is 2. The molecule has 2 aromatic rings. The van der Waals surface area contributed by atoms with Gasteiger partial charge < -0.3 is 10.3 Å². The van der Waals surface area contributed by atoms with Crippen molar-refractivity contribution in [2.24, 2.45) is 0 Å². The van der Waals surface area contributed by atoms with Crippen LogP contribution in [0.1, 0.15) is 5.82 Å². The molecule has 0 bridgehead atoms. The summed E-state index contributed by atoms with van der Waals surface area (Å²) in [7, 11) is 0. The second-order valence-corrected chi connectivity index (χ2v) is 5.22. The van der Waals surface area contributed by atoms with Crippen molar-refractivity contribution >= 4 is 11.6 Å². The summed E-state index contributed by atoms with van der Waals surface area (Å²) in [6.45, 7) is 5.15. The van der Waals surface area contributed by atoms with E-state index < -0.39 is 0 Å². The lowest BCUT2D eigenvalue weighted by Gasteiger charge is -2.26. The molecule has 4 nitrogen and oxygen atoms in total. The predicted octanol–water partition coefficient (Wildman–Crippen LogP) is 2.14. The Morgan fingerprint density at radius 1 is 1.26 bits per heavy atom. The number of aromatic amines is 1. The minimum atomic E-state index is 0.746. The van der Waals surface area contributed by atoms with E-state index in [1.807, 2.05) is 30.5 Å². The van der Waals surface area contributed by atoms with E-state index in [9.17, 15) is 0 Å². The molecule has 2 heterocycles. The monoisotopic (exact) mass is 276 g/mol. The fourth-order valence-corrected chi connectivity index (χ4v) is 2.52. The largest absolute Gasteiger partial charge is 0.341 e. The molecular weight excluding hydrogens is 260 g/mol. The van der Waals surface area contributed by atoms with Gasteiger partial charge in [-0.15, -0.1) is 0 Å². The van der Waals surface area contributed by atoms with Crippen LogP contribution in [-0.2, 0) is 6.54 Å². The van der Waals surface area contributed by atoms with Gasteiger partial charge >= 0.3 is 0 Å². The quantitative estimate of drug-likeness (QED) is 0.903. The summed E-state index contributed by atoms with van der Waals surface area (Å²) in [5.41, 5.74) is 2.10. The Bertz CT molecular complexity index is 546. The van der Waals surface area contributed by atoms with Crippen LogP contribution in [0.4, 0.5) is 0 Å². The number of benzene rings is 1. The standard InChI is InChI=1S/C14H17ClN4/c15-12-3-1-2-11(8-12)13-9-17-14(18-13)10-19-6-4-16-5-7-19/h1-3,8-9,16H,4-7,10H2,(H,17,18). The first-order valence-corrected chi connectivity index (χ1v) is 6.92. The molecule has 5 heteroatoms. The summed E-state index contributed by atoms with van der Waals surface area (Å²) >= 11 is 6.01. The van der Waals surface area contributed by atoms with Crippen molar-refractivity contribution in [3.63, 3.8) is 0 Å². The van der Waals surface area contributed by atoms with Crippen LogP contribution in [-0.4, -0.2) is 41.0 Å². The average Bonchev–Trinajstić information content (AvgIpc) is 2.88. The van der Waals surface area contributed by atoms with Crippen LogP contribution in [0.25, 0.3) is 11.3 Å². The Morgan fingerprint density at radius 2 is 2.11 bits per heavy atom. The van der Waals surface area contributed by atoms with Gasteiger partial charge in [-0.2, -0.15) is 0 Å². The molecule has 19 heavy (non-hydrogen) atoms. The van der Waals surface area contributed by atoms with Gasteiger partial charge in [0.2, 0.25) is 0 Å². The fourth-order valence-electron chi connectivity index (χ4n) is 2.33. The molecule has 0 amide bonds. The van der Waals surface area contributed by atoms with Gasteiger partial charge in [0.25, 0.3) is 0 Å². The fraction of sp³-hybridized carbons (Fsp3) is 0.357. The van der Waals surface area contributed by atoms with Gasteiger partial charge in [0, 0.05) is 36.8 Å². The average molecular weight is 277 g/mol. The van der Waals surface area contributed by atoms with Crippen LogP contribution in [0.5, 0.6) is 0 Å². The van der Waals surface area contributed by atoms with Crippen LogP contribution in [0.3, 0.4) is 0 Å². The van der Waals surface area contributed by atoms with Gasteiger partial charge in [0.1, 0.15) is 5.82 Å². The third kappa shape index (κ3) is 3.15. The first-order valence-electron chi connectivity index (χ1n) is 6.54. The third-order valence-corrected chi connectivity index (χ3v) is 3.58. The normalized spacial score (nSPS) is 16.7. The molecule has 1 aliphatic heterocycles. The van der Waals surface area contributed by atoms with Crippen LogP contribution >= 0.6 is 11.6 Å². The molecule has 0 aliphatic carbocycles. The number of nitrogens with zero attached hydrogens (tertiary/aromatic N) is 2. The minimum Gasteiger partial charge on any atom is -0.341 e. The second-order valence-electron chi connectivity index (χ2n) is 4.78. The summed E-state index contributed by atoms with van der Waals surface area (Å²) in [5.74, 6) is 1.01. The van der Waals surface area contributed by atoms with E-state index >= 15 is 0 Å². The molecular formula is C14H17ClN4. The van der Waals surface area contributed by atoms with Crippen molar-refractivity contribution in [1.29, 1.82) is 0 Å². The van der Waals surface area contributed by atoms with Gasteiger partial charge in [-0.25, -0.2) is 4.98 Å². The summed E-state index contributed by atoms with van der Waals surface area (Å²) < 4.78 is 0. The maximum absolute atomic E-state index is 6.01. The van der Waals surface area contributed by atoms with E-state index in [2.05, 4.69) is 20.2 Å². The Hall–Kier alpha value is -1.36. The molecule has 0 saturated carbocycles. The smallest absolute Gasteiger partial charge is 0.120 e. The van der Waals surface area contributed by atoms with Crippen molar-refractivity contribution in [3.8, 4) is 11.3 Å². The molecule has 1 saturated heterocycles. The SMILES string of the molecule is Clc1cccc(-c2cnc(CN3CCNCC3)[nH]2)c1. The lowest BCUT2D eigenvalue weighted by Crippen LogP contribution is -2.43. The topological polar surface area (TPSA) is 44.0 Å². The van der Waals surface area contributed by atoms with E-state index in [0.29, 0.717) is 0 Å². The van der Waals surface area contributed by atoms with Gasteiger partial charge in [-0.1, -0.05) is 23.7 Å². The summed E-state index contributed by atoms with van der Waals surface area (Å²) in [4.78, 5) is 10.2. The molecule has 100 valence electrons. The summed E-state index contributed by atoms with van der Waals surface area (Å²) in [6, 6.07) is 7.81. The van der Waals surface area contributed by atoms with E-state index in [0.717, 1.165) is 54.8 Å². The lowest BCUT2D eigenvalue weighted by atomic mass is 10.2. The molecule has 1 fully saturated rings. The first-order chi connectivity index (χ1) is 9.31. The molecule has 0 radical (unpaired) electrons. The Balaban J connectivity index is 1.72. The van der Waals surface area contributed by atoms with Crippen molar-refractivity contribution in [1.82, 2.24) is 20.2 Å². The van der Waals surface area contributed by atoms with Crippen molar-refractivity contribution in [2.75, 3.05) is 26.2 Å². The Kier molecular flexibility index (Phi) is 3.82. The predicted molar refractivity (Wildman–Crippen MR) is 77.2 cm³/mol. The highest BCUT2D eigenvalue weighted by Gasteiger charge is 2.12. The number of piperazine rings is 1. The number of H-pyrrole nitrogens is 1. The zero-order valence-electron chi connectivity index (χ0n) is 10.7. The zero-order chi connectivity index (χ0) is 13.1. The second kappa shape index (κ2) is 5.74. The van der Waals surface area contributed by atoms with Crippen LogP contribution in [0.2, 0.25) is 5.02 Å². The van der Waals surface area contributed by atoms with E-state index in [1.165, 1.54) is 0 Å². The highest BCUT2D eigenvalue weighted by molar-refractivity contribution is 6.30. The van der Waals surface area contributed by atoms with Crippen molar-refractivity contribution in [2.45, 2.75) is 6.54 Å². The number of imidazole rings is 1. The number of rotatable bonds is 3. The molecule has 0 spiro atoms. The minimum absolute atomic E-state index is 0.746. The molecule has 0 unspecified atom stereocenters. The first kappa shape index (κ1) is 12.7. The third-order valence-electron chi connectivity index (χ3n) is 3.35. The Labute approximate surface area is 117 Å².